The molecule has 1 amide bonds. The minimum atomic E-state index is -4.51. The third-order valence-corrected chi connectivity index (χ3v) is 3.34. The number of rotatable bonds is 5. The van der Waals surface area contributed by atoms with Crippen molar-refractivity contribution >= 4 is 17.6 Å². The van der Waals surface area contributed by atoms with Crippen molar-refractivity contribution in [2.24, 2.45) is 0 Å². The molecule has 0 aliphatic heterocycles. The van der Waals surface area contributed by atoms with Crippen LogP contribution in [0.3, 0.4) is 0 Å². The highest BCUT2D eigenvalue weighted by Crippen LogP contribution is 2.30. The molecule has 1 N–H and O–H groups in total. The number of carbonyl (C=O) groups excluding carboxylic acids is 2. The maximum Gasteiger partial charge on any atom is 0.416 e. The van der Waals surface area contributed by atoms with Crippen molar-refractivity contribution < 1.29 is 27.5 Å². The second-order valence-electron chi connectivity index (χ2n) is 5.46. The molecule has 7 heteroatoms. The Morgan fingerprint density at radius 1 is 1.08 bits per heavy atom. The summed E-state index contributed by atoms with van der Waals surface area (Å²) in [5.41, 5.74) is -0.0720. The predicted octanol–water partition coefficient (Wildman–Crippen LogP) is 4.33. The molecule has 0 atom stereocenters. The van der Waals surface area contributed by atoms with Gasteiger partial charge < -0.3 is 10.1 Å². The van der Waals surface area contributed by atoms with Crippen LogP contribution in [0.1, 0.15) is 18.1 Å². The van der Waals surface area contributed by atoms with Gasteiger partial charge in [-0.2, -0.15) is 13.2 Å². The standard InChI is InChI=1S/C19H16F3NO3/c1-13(18(25)26-12-14-6-3-2-4-7-14)10-17(24)23-16-9-5-8-15(11-16)19(20,21)22/h2-11H,12H2,1H3,(H,23,24)/b13-10+. The van der Waals surface area contributed by atoms with Gasteiger partial charge in [0, 0.05) is 17.3 Å². The number of amides is 1. The fourth-order valence-corrected chi connectivity index (χ4v) is 2.04. The third-order valence-electron chi connectivity index (χ3n) is 3.34. The fraction of sp³-hybridized carbons (Fsp3) is 0.158. The fourth-order valence-electron chi connectivity index (χ4n) is 2.04. The molecule has 0 unspecified atom stereocenters. The molecule has 0 aromatic heterocycles. The molecule has 0 bridgehead atoms. The highest BCUT2D eigenvalue weighted by atomic mass is 19.4. The quantitative estimate of drug-likeness (QED) is 0.635. The Hall–Kier alpha value is -3.09. The average molecular weight is 363 g/mol. The molecule has 0 aliphatic carbocycles. The lowest BCUT2D eigenvalue weighted by atomic mass is 10.2. The highest BCUT2D eigenvalue weighted by molar-refractivity contribution is 6.04. The predicted molar refractivity (Wildman–Crippen MR) is 90.1 cm³/mol. The van der Waals surface area contributed by atoms with Gasteiger partial charge in [0.2, 0.25) is 5.91 Å². The van der Waals surface area contributed by atoms with E-state index >= 15 is 0 Å². The van der Waals surface area contributed by atoms with Crippen molar-refractivity contribution in [3.05, 3.63) is 77.4 Å². The Labute approximate surface area is 148 Å². The van der Waals surface area contributed by atoms with Gasteiger partial charge in [-0.3, -0.25) is 4.79 Å². The largest absolute Gasteiger partial charge is 0.457 e. The normalized spacial score (nSPS) is 11.8. The van der Waals surface area contributed by atoms with Crippen LogP contribution in [0.25, 0.3) is 0 Å². The van der Waals surface area contributed by atoms with E-state index in [4.69, 9.17) is 4.74 Å². The van der Waals surface area contributed by atoms with Crippen LogP contribution in [0.5, 0.6) is 0 Å². The third kappa shape index (κ3) is 5.77. The Morgan fingerprint density at radius 3 is 2.42 bits per heavy atom. The number of nitrogens with one attached hydrogen (secondary N) is 1. The average Bonchev–Trinajstić information content (AvgIpc) is 2.60. The molecular weight excluding hydrogens is 347 g/mol. The zero-order valence-electron chi connectivity index (χ0n) is 13.8. The smallest absolute Gasteiger partial charge is 0.416 e. The first-order valence-corrected chi connectivity index (χ1v) is 7.63. The van der Waals surface area contributed by atoms with E-state index in [-0.39, 0.29) is 17.9 Å². The molecule has 0 spiro atoms. The Morgan fingerprint density at radius 2 is 1.77 bits per heavy atom. The molecule has 0 saturated carbocycles. The zero-order valence-corrected chi connectivity index (χ0v) is 13.8. The van der Waals surface area contributed by atoms with Gasteiger partial charge in [0.25, 0.3) is 0 Å². The number of esters is 1. The van der Waals surface area contributed by atoms with Crippen LogP contribution in [-0.4, -0.2) is 11.9 Å². The van der Waals surface area contributed by atoms with E-state index in [9.17, 15) is 22.8 Å². The second kappa shape index (κ2) is 8.33. The lowest BCUT2D eigenvalue weighted by molar-refractivity contribution is -0.140. The summed E-state index contributed by atoms with van der Waals surface area (Å²) in [4.78, 5) is 23.8. The number of carbonyl (C=O) groups is 2. The molecule has 2 aromatic carbocycles. The van der Waals surface area contributed by atoms with Crippen LogP contribution in [0.15, 0.2) is 66.2 Å². The summed E-state index contributed by atoms with van der Waals surface area (Å²) < 4.78 is 43.0. The van der Waals surface area contributed by atoms with Gasteiger partial charge in [-0.25, -0.2) is 4.79 Å². The SMILES string of the molecule is C/C(=C\C(=O)Nc1cccc(C(F)(F)F)c1)C(=O)OCc1ccccc1. The van der Waals surface area contributed by atoms with Gasteiger partial charge in [0.15, 0.2) is 0 Å². The van der Waals surface area contributed by atoms with Gasteiger partial charge in [-0.1, -0.05) is 36.4 Å². The maximum absolute atomic E-state index is 12.7. The van der Waals surface area contributed by atoms with Crippen LogP contribution >= 0.6 is 0 Å². The van der Waals surface area contributed by atoms with Crippen LogP contribution in [0.4, 0.5) is 18.9 Å². The summed E-state index contributed by atoms with van der Waals surface area (Å²) in [7, 11) is 0. The first-order chi connectivity index (χ1) is 12.3. The summed E-state index contributed by atoms with van der Waals surface area (Å²) >= 11 is 0. The van der Waals surface area contributed by atoms with Gasteiger partial charge in [-0.15, -0.1) is 0 Å². The number of anilines is 1. The summed E-state index contributed by atoms with van der Waals surface area (Å²) in [6, 6.07) is 13.2. The van der Waals surface area contributed by atoms with Crippen LogP contribution in [0, 0.1) is 0 Å². The molecule has 0 fully saturated rings. The van der Waals surface area contributed by atoms with Crippen molar-refractivity contribution in [2.45, 2.75) is 19.7 Å². The first kappa shape index (κ1) is 19.2. The minimum Gasteiger partial charge on any atom is -0.457 e. The molecule has 0 aliphatic rings. The Bertz CT molecular complexity index is 814. The number of halogens is 3. The molecule has 0 heterocycles. The van der Waals surface area contributed by atoms with E-state index in [2.05, 4.69) is 5.32 Å². The van der Waals surface area contributed by atoms with E-state index in [1.54, 1.807) is 24.3 Å². The maximum atomic E-state index is 12.7. The molecule has 136 valence electrons. The Balaban J connectivity index is 1.95. The van der Waals surface area contributed by atoms with Crippen LogP contribution in [0.2, 0.25) is 0 Å². The summed E-state index contributed by atoms with van der Waals surface area (Å²) in [6.45, 7) is 1.44. The van der Waals surface area contributed by atoms with Crippen molar-refractivity contribution in [1.29, 1.82) is 0 Å². The molecule has 26 heavy (non-hydrogen) atoms. The Kier molecular flexibility index (Phi) is 6.16. The number of hydrogen-bond acceptors (Lipinski definition) is 3. The molecule has 0 saturated heterocycles. The molecule has 2 rings (SSSR count). The summed E-state index contributed by atoms with van der Waals surface area (Å²) in [5.74, 6) is -1.41. The second-order valence-corrected chi connectivity index (χ2v) is 5.46. The van der Waals surface area contributed by atoms with E-state index < -0.39 is 23.6 Å². The molecule has 4 nitrogen and oxygen atoms in total. The number of ether oxygens (including phenoxy) is 1. The molecule has 2 aromatic rings. The van der Waals surface area contributed by atoms with Crippen LogP contribution in [-0.2, 0) is 27.1 Å². The lowest BCUT2D eigenvalue weighted by Gasteiger charge is -2.09. The summed E-state index contributed by atoms with van der Waals surface area (Å²) in [5, 5.41) is 2.29. The van der Waals surface area contributed by atoms with Crippen LogP contribution < -0.4 is 5.32 Å². The van der Waals surface area contributed by atoms with E-state index in [0.29, 0.717) is 0 Å². The topological polar surface area (TPSA) is 55.4 Å². The number of benzene rings is 2. The van der Waals surface area contributed by atoms with E-state index in [1.165, 1.54) is 19.1 Å². The van der Waals surface area contributed by atoms with Gasteiger partial charge in [0.05, 0.1) is 5.56 Å². The van der Waals surface area contributed by atoms with Crippen molar-refractivity contribution in [2.75, 3.05) is 5.32 Å². The monoisotopic (exact) mass is 363 g/mol. The summed E-state index contributed by atoms with van der Waals surface area (Å²) in [6.07, 6.45) is -3.53. The van der Waals surface area contributed by atoms with Crippen molar-refractivity contribution in [3.63, 3.8) is 0 Å². The van der Waals surface area contributed by atoms with Crippen molar-refractivity contribution in [1.82, 2.24) is 0 Å². The van der Waals surface area contributed by atoms with Gasteiger partial charge in [-0.05, 0) is 30.7 Å². The zero-order chi connectivity index (χ0) is 19.2. The highest BCUT2D eigenvalue weighted by Gasteiger charge is 2.30. The number of hydrogen-bond donors (Lipinski definition) is 1. The minimum absolute atomic E-state index is 0.0217. The lowest BCUT2D eigenvalue weighted by Crippen LogP contribution is -2.13. The van der Waals surface area contributed by atoms with Crippen molar-refractivity contribution in [3.8, 4) is 0 Å². The molecular formula is C19H16F3NO3. The first-order valence-electron chi connectivity index (χ1n) is 7.63. The van der Waals surface area contributed by atoms with E-state index in [0.717, 1.165) is 23.8 Å². The molecule has 0 radical (unpaired) electrons. The van der Waals surface area contributed by atoms with E-state index in [1.807, 2.05) is 6.07 Å². The van der Waals surface area contributed by atoms with Gasteiger partial charge >= 0.3 is 12.1 Å². The number of alkyl halides is 3. The van der Waals surface area contributed by atoms with Gasteiger partial charge in [0.1, 0.15) is 6.61 Å².